The lowest BCUT2D eigenvalue weighted by atomic mass is 10.1. The Morgan fingerprint density at radius 2 is 2.20 bits per heavy atom. The number of aryl methyl sites for hydroxylation is 2. The highest BCUT2D eigenvalue weighted by Crippen LogP contribution is 2.21. The molecule has 0 fully saturated rings. The van der Waals surface area contributed by atoms with Crippen LogP contribution in [0.4, 0.5) is 4.39 Å². The predicted octanol–water partition coefficient (Wildman–Crippen LogP) is 2.75. The molecular weight excluding hydrogens is 195 g/mol. The van der Waals surface area contributed by atoms with Crippen molar-refractivity contribution in [1.29, 1.82) is 0 Å². The van der Waals surface area contributed by atoms with Crippen LogP contribution in [0.25, 0.3) is 11.5 Å². The van der Waals surface area contributed by atoms with Crippen LogP contribution in [-0.2, 0) is 6.42 Å². The molecule has 2 aromatic rings. The zero-order valence-corrected chi connectivity index (χ0v) is 8.62. The van der Waals surface area contributed by atoms with E-state index in [-0.39, 0.29) is 11.7 Å². The van der Waals surface area contributed by atoms with E-state index in [0.29, 0.717) is 17.8 Å². The van der Waals surface area contributed by atoms with Gasteiger partial charge in [-0.05, 0) is 24.6 Å². The van der Waals surface area contributed by atoms with Gasteiger partial charge in [-0.3, -0.25) is 0 Å². The van der Waals surface area contributed by atoms with Crippen molar-refractivity contribution in [3.8, 4) is 11.5 Å². The van der Waals surface area contributed by atoms with Gasteiger partial charge in [-0.1, -0.05) is 18.1 Å². The molecule has 0 radical (unpaired) electrons. The first-order valence-electron chi connectivity index (χ1n) is 4.80. The quantitative estimate of drug-likeness (QED) is 0.758. The molecule has 0 aliphatic heterocycles. The highest BCUT2D eigenvalue weighted by molar-refractivity contribution is 5.54. The number of aromatic nitrogens is 2. The molecule has 1 heterocycles. The summed E-state index contributed by atoms with van der Waals surface area (Å²) in [4.78, 5) is 4.07. The Bertz CT molecular complexity index is 479. The predicted molar refractivity (Wildman–Crippen MR) is 53.8 cm³/mol. The first-order valence-corrected chi connectivity index (χ1v) is 4.80. The fourth-order valence-corrected chi connectivity index (χ4v) is 1.30. The van der Waals surface area contributed by atoms with Gasteiger partial charge in [0.15, 0.2) is 5.82 Å². The van der Waals surface area contributed by atoms with E-state index in [0.717, 1.165) is 5.56 Å². The van der Waals surface area contributed by atoms with Gasteiger partial charge >= 0.3 is 0 Å². The summed E-state index contributed by atoms with van der Waals surface area (Å²) >= 11 is 0. The number of benzene rings is 1. The van der Waals surface area contributed by atoms with E-state index < -0.39 is 0 Å². The van der Waals surface area contributed by atoms with Crippen molar-refractivity contribution in [3.63, 3.8) is 0 Å². The van der Waals surface area contributed by atoms with Crippen LogP contribution < -0.4 is 0 Å². The first-order chi connectivity index (χ1) is 7.20. The lowest BCUT2D eigenvalue weighted by molar-refractivity contribution is 0.421. The second kappa shape index (κ2) is 3.81. The smallest absolute Gasteiger partial charge is 0.260 e. The standard InChI is InChI=1S/C11H11FN2O/c1-3-10-13-11(15-14-10)8-5-4-7(2)6-9(8)12/h4-6H,3H2,1-2H3. The van der Waals surface area contributed by atoms with Gasteiger partial charge < -0.3 is 4.52 Å². The highest BCUT2D eigenvalue weighted by atomic mass is 19.1. The fourth-order valence-electron chi connectivity index (χ4n) is 1.30. The van der Waals surface area contributed by atoms with Gasteiger partial charge in [-0.25, -0.2) is 4.39 Å². The third-order valence-corrected chi connectivity index (χ3v) is 2.14. The molecule has 0 saturated heterocycles. The maximum Gasteiger partial charge on any atom is 0.260 e. The van der Waals surface area contributed by atoms with Gasteiger partial charge in [0.1, 0.15) is 5.82 Å². The first kappa shape index (κ1) is 9.83. The maximum absolute atomic E-state index is 13.5. The lowest BCUT2D eigenvalue weighted by Gasteiger charge is -1.97. The summed E-state index contributed by atoms with van der Waals surface area (Å²) in [6.07, 6.45) is 0.678. The Morgan fingerprint density at radius 1 is 1.40 bits per heavy atom. The Morgan fingerprint density at radius 3 is 2.80 bits per heavy atom. The molecule has 0 amide bonds. The van der Waals surface area contributed by atoms with E-state index in [1.54, 1.807) is 6.07 Å². The number of hydrogen-bond donors (Lipinski definition) is 0. The number of rotatable bonds is 2. The minimum absolute atomic E-state index is 0.240. The fraction of sp³-hybridized carbons (Fsp3) is 0.273. The van der Waals surface area contributed by atoms with Crippen molar-refractivity contribution >= 4 is 0 Å². The van der Waals surface area contributed by atoms with Gasteiger partial charge in [-0.2, -0.15) is 4.98 Å². The Hall–Kier alpha value is -1.71. The van der Waals surface area contributed by atoms with Crippen LogP contribution in [-0.4, -0.2) is 10.1 Å². The van der Waals surface area contributed by atoms with Crippen LogP contribution in [0.15, 0.2) is 22.7 Å². The molecule has 78 valence electrons. The van der Waals surface area contributed by atoms with E-state index in [4.69, 9.17) is 4.52 Å². The van der Waals surface area contributed by atoms with E-state index in [9.17, 15) is 4.39 Å². The summed E-state index contributed by atoms with van der Waals surface area (Å²) in [7, 11) is 0. The molecule has 15 heavy (non-hydrogen) atoms. The third kappa shape index (κ3) is 1.88. The number of halogens is 1. The molecule has 0 atom stereocenters. The molecular formula is C11H11FN2O. The average Bonchev–Trinajstić information content (AvgIpc) is 2.66. The van der Waals surface area contributed by atoms with Crippen molar-refractivity contribution < 1.29 is 8.91 Å². The van der Waals surface area contributed by atoms with Gasteiger partial charge in [0.05, 0.1) is 5.56 Å². The Kier molecular flexibility index (Phi) is 2.49. The molecule has 3 nitrogen and oxygen atoms in total. The van der Waals surface area contributed by atoms with Gasteiger partial charge in [0, 0.05) is 6.42 Å². The molecule has 0 aliphatic rings. The second-order valence-electron chi connectivity index (χ2n) is 3.35. The third-order valence-electron chi connectivity index (χ3n) is 2.14. The van der Waals surface area contributed by atoms with Crippen LogP contribution in [0.2, 0.25) is 0 Å². The minimum Gasteiger partial charge on any atom is -0.334 e. The molecule has 0 saturated carbocycles. The van der Waals surface area contributed by atoms with E-state index in [2.05, 4.69) is 10.1 Å². The van der Waals surface area contributed by atoms with Gasteiger partial charge in [0.2, 0.25) is 0 Å². The van der Waals surface area contributed by atoms with Crippen LogP contribution in [0.1, 0.15) is 18.3 Å². The zero-order valence-electron chi connectivity index (χ0n) is 8.62. The van der Waals surface area contributed by atoms with Crippen molar-refractivity contribution in [2.45, 2.75) is 20.3 Å². The minimum atomic E-state index is -0.332. The zero-order chi connectivity index (χ0) is 10.8. The van der Waals surface area contributed by atoms with Crippen molar-refractivity contribution in [2.24, 2.45) is 0 Å². The second-order valence-corrected chi connectivity index (χ2v) is 3.35. The summed E-state index contributed by atoms with van der Waals surface area (Å²) in [5, 5.41) is 3.72. The molecule has 4 heteroatoms. The molecule has 0 aliphatic carbocycles. The van der Waals surface area contributed by atoms with E-state index >= 15 is 0 Å². The summed E-state index contributed by atoms with van der Waals surface area (Å²) in [5.74, 6) is 0.496. The van der Waals surface area contributed by atoms with Crippen LogP contribution >= 0.6 is 0 Å². The van der Waals surface area contributed by atoms with Gasteiger partial charge in [-0.15, -0.1) is 0 Å². The number of nitrogens with zero attached hydrogens (tertiary/aromatic N) is 2. The lowest BCUT2D eigenvalue weighted by Crippen LogP contribution is -1.87. The van der Waals surface area contributed by atoms with E-state index in [1.807, 2.05) is 19.9 Å². The molecule has 2 rings (SSSR count). The number of hydrogen-bond acceptors (Lipinski definition) is 3. The molecule has 0 bridgehead atoms. The average molecular weight is 206 g/mol. The summed E-state index contributed by atoms with van der Waals surface area (Å²) in [6, 6.07) is 4.91. The monoisotopic (exact) mass is 206 g/mol. The van der Waals surface area contributed by atoms with Crippen LogP contribution in [0, 0.1) is 12.7 Å². The topological polar surface area (TPSA) is 38.9 Å². The van der Waals surface area contributed by atoms with Crippen LogP contribution in [0.5, 0.6) is 0 Å². The largest absolute Gasteiger partial charge is 0.334 e. The molecule has 0 N–H and O–H groups in total. The SMILES string of the molecule is CCc1noc(-c2ccc(C)cc2F)n1. The summed E-state index contributed by atoms with van der Waals surface area (Å²) in [6.45, 7) is 3.75. The van der Waals surface area contributed by atoms with E-state index in [1.165, 1.54) is 6.07 Å². The summed E-state index contributed by atoms with van der Waals surface area (Å²) in [5.41, 5.74) is 1.22. The van der Waals surface area contributed by atoms with Crippen molar-refractivity contribution in [1.82, 2.24) is 10.1 Å². The summed E-state index contributed by atoms with van der Waals surface area (Å²) < 4.78 is 18.5. The molecule has 1 aromatic carbocycles. The van der Waals surface area contributed by atoms with Crippen molar-refractivity contribution in [2.75, 3.05) is 0 Å². The van der Waals surface area contributed by atoms with Crippen molar-refractivity contribution in [3.05, 3.63) is 35.4 Å². The Labute approximate surface area is 86.9 Å². The molecule has 1 aromatic heterocycles. The highest BCUT2D eigenvalue weighted by Gasteiger charge is 2.12. The van der Waals surface area contributed by atoms with Crippen LogP contribution in [0.3, 0.4) is 0 Å². The normalized spacial score (nSPS) is 10.6. The molecule has 0 unspecified atom stereocenters. The maximum atomic E-state index is 13.5. The van der Waals surface area contributed by atoms with Gasteiger partial charge in [0.25, 0.3) is 5.89 Å². The Balaban J connectivity index is 2.44. The molecule has 0 spiro atoms.